The van der Waals surface area contributed by atoms with Crippen LogP contribution in [0.1, 0.15) is 12.6 Å². The molecule has 0 aliphatic carbocycles. The number of nitroso groups, excluding NO2 is 1. The lowest BCUT2D eigenvalue weighted by atomic mass is 10.00. The summed E-state index contributed by atoms with van der Waals surface area (Å²) >= 11 is 0. The zero-order valence-corrected chi connectivity index (χ0v) is 14.0. The summed E-state index contributed by atoms with van der Waals surface area (Å²) in [6.45, 7) is 4.83. The summed E-state index contributed by atoms with van der Waals surface area (Å²) in [5, 5.41) is 8.80. The molecule has 4 rings (SSSR count). The number of aryl methyl sites for hydroxylation is 2. The van der Waals surface area contributed by atoms with Gasteiger partial charge in [-0.1, -0.05) is 12.1 Å². The maximum Gasteiger partial charge on any atom is 0.138 e. The Labute approximate surface area is 144 Å². The summed E-state index contributed by atoms with van der Waals surface area (Å²) < 4.78 is 1.90. The molecule has 0 spiro atoms. The average molecular weight is 331 g/mol. The van der Waals surface area contributed by atoms with Crippen LogP contribution >= 0.6 is 0 Å². The van der Waals surface area contributed by atoms with Crippen LogP contribution in [0.4, 0.5) is 5.69 Å². The Balaban J connectivity index is 1.98. The molecule has 0 aliphatic rings. The van der Waals surface area contributed by atoms with Crippen molar-refractivity contribution in [3.8, 4) is 22.4 Å². The number of aromatic amines is 1. The van der Waals surface area contributed by atoms with Gasteiger partial charge in [-0.15, -0.1) is 4.91 Å². The first-order valence-corrected chi connectivity index (χ1v) is 8.15. The van der Waals surface area contributed by atoms with Crippen LogP contribution < -0.4 is 0 Å². The fourth-order valence-electron chi connectivity index (χ4n) is 3.10. The van der Waals surface area contributed by atoms with Crippen molar-refractivity contribution >= 4 is 16.7 Å². The third-order valence-electron chi connectivity index (χ3n) is 4.27. The van der Waals surface area contributed by atoms with Crippen molar-refractivity contribution in [2.45, 2.75) is 20.4 Å². The van der Waals surface area contributed by atoms with Gasteiger partial charge in [0.15, 0.2) is 0 Å². The number of benzene rings is 1. The average Bonchev–Trinajstić information content (AvgIpc) is 3.24. The summed E-state index contributed by atoms with van der Waals surface area (Å²) in [7, 11) is 0. The van der Waals surface area contributed by atoms with Crippen LogP contribution in [-0.4, -0.2) is 19.7 Å². The lowest BCUT2D eigenvalue weighted by Crippen LogP contribution is -1.93. The van der Waals surface area contributed by atoms with E-state index in [0.29, 0.717) is 5.69 Å². The fraction of sp³-hybridized carbons (Fsp3) is 0.158. The monoisotopic (exact) mass is 331 g/mol. The highest BCUT2D eigenvalue weighted by Gasteiger charge is 2.16. The third kappa shape index (κ3) is 2.61. The number of pyridine rings is 1. The number of hydrogen-bond donors (Lipinski definition) is 1. The van der Waals surface area contributed by atoms with E-state index >= 15 is 0 Å². The predicted octanol–water partition coefficient (Wildman–Crippen LogP) is 4.82. The molecule has 3 heterocycles. The summed E-state index contributed by atoms with van der Waals surface area (Å²) in [6, 6.07) is 11.3. The molecule has 6 heteroatoms. The topological polar surface area (TPSA) is 75.9 Å². The highest BCUT2D eigenvalue weighted by atomic mass is 16.3. The molecule has 0 aliphatic heterocycles. The largest absolute Gasteiger partial charge is 0.344 e. The predicted molar refractivity (Wildman–Crippen MR) is 98.6 cm³/mol. The molecule has 3 aromatic heterocycles. The molecule has 0 radical (unpaired) electrons. The van der Waals surface area contributed by atoms with Gasteiger partial charge < -0.3 is 4.98 Å². The normalized spacial score (nSPS) is 11.1. The molecule has 4 aromatic rings. The molecule has 0 fully saturated rings. The Bertz CT molecular complexity index is 1080. The first-order valence-electron chi connectivity index (χ1n) is 8.15. The zero-order valence-electron chi connectivity index (χ0n) is 14.0. The minimum Gasteiger partial charge on any atom is -0.344 e. The number of nitrogens with zero attached hydrogens (tertiary/aromatic N) is 4. The molecule has 25 heavy (non-hydrogen) atoms. The van der Waals surface area contributed by atoms with Gasteiger partial charge in [0.05, 0.1) is 0 Å². The van der Waals surface area contributed by atoms with Gasteiger partial charge in [-0.25, -0.2) is 4.98 Å². The van der Waals surface area contributed by atoms with Crippen LogP contribution in [0, 0.1) is 11.8 Å². The summed E-state index contributed by atoms with van der Waals surface area (Å²) in [4.78, 5) is 18.6. The second-order valence-electron chi connectivity index (χ2n) is 5.96. The number of aromatic nitrogens is 4. The van der Waals surface area contributed by atoms with Crippen molar-refractivity contribution in [2.24, 2.45) is 5.18 Å². The van der Waals surface area contributed by atoms with Crippen molar-refractivity contribution in [3.05, 3.63) is 59.4 Å². The standard InChI is InChI=1S/C19H17N5O/c1-3-24-11-17(15-7-8-20-19-16(15)9-12(2)21-19)18(22-24)13-5-4-6-14(10-13)23-25/h4-11H,3H2,1-2H3,(H,20,21). The van der Waals surface area contributed by atoms with Gasteiger partial charge in [0.25, 0.3) is 0 Å². The van der Waals surface area contributed by atoms with E-state index in [-0.39, 0.29) is 0 Å². The van der Waals surface area contributed by atoms with E-state index in [1.807, 2.05) is 42.9 Å². The Morgan fingerprint density at radius 3 is 2.88 bits per heavy atom. The van der Waals surface area contributed by atoms with Crippen molar-refractivity contribution in [3.63, 3.8) is 0 Å². The van der Waals surface area contributed by atoms with Crippen LogP contribution in [-0.2, 0) is 6.54 Å². The van der Waals surface area contributed by atoms with Gasteiger partial charge in [0.1, 0.15) is 17.0 Å². The van der Waals surface area contributed by atoms with E-state index in [1.54, 1.807) is 18.3 Å². The SMILES string of the molecule is CCn1cc(-c2ccnc3[nH]c(C)cc23)c(-c2cccc(N=O)c2)n1. The summed E-state index contributed by atoms with van der Waals surface area (Å²) in [6.07, 6.45) is 3.83. The highest BCUT2D eigenvalue weighted by Crippen LogP contribution is 2.36. The van der Waals surface area contributed by atoms with Crippen LogP contribution in [0.25, 0.3) is 33.4 Å². The van der Waals surface area contributed by atoms with E-state index in [2.05, 4.69) is 21.2 Å². The zero-order chi connectivity index (χ0) is 17.4. The molecule has 0 amide bonds. The van der Waals surface area contributed by atoms with E-state index in [1.165, 1.54) is 0 Å². The van der Waals surface area contributed by atoms with Gasteiger partial charge in [0, 0.05) is 41.1 Å². The fourth-order valence-corrected chi connectivity index (χ4v) is 3.10. The van der Waals surface area contributed by atoms with Gasteiger partial charge >= 0.3 is 0 Å². The second-order valence-corrected chi connectivity index (χ2v) is 5.96. The lowest BCUT2D eigenvalue weighted by Gasteiger charge is -2.04. The Morgan fingerprint density at radius 2 is 2.08 bits per heavy atom. The number of rotatable bonds is 4. The summed E-state index contributed by atoms with van der Waals surface area (Å²) in [5.74, 6) is 0. The molecular weight excluding hydrogens is 314 g/mol. The molecule has 0 saturated carbocycles. The molecule has 0 bridgehead atoms. The van der Waals surface area contributed by atoms with Crippen molar-refractivity contribution in [1.29, 1.82) is 0 Å². The maximum absolute atomic E-state index is 10.9. The molecule has 1 aromatic carbocycles. The minimum atomic E-state index is 0.395. The number of nitrogens with one attached hydrogen (secondary N) is 1. The molecular formula is C19H17N5O. The van der Waals surface area contributed by atoms with Crippen molar-refractivity contribution in [1.82, 2.24) is 19.7 Å². The van der Waals surface area contributed by atoms with Gasteiger partial charge in [-0.2, -0.15) is 5.10 Å². The van der Waals surface area contributed by atoms with Crippen LogP contribution in [0.2, 0.25) is 0 Å². The molecule has 124 valence electrons. The molecule has 0 unspecified atom stereocenters. The van der Waals surface area contributed by atoms with Crippen LogP contribution in [0.5, 0.6) is 0 Å². The minimum absolute atomic E-state index is 0.395. The Kier molecular flexibility index (Phi) is 3.65. The second kappa shape index (κ2) is 5.98. The molecule has 6 nitrogen and oxygen atoms in total. The van der Waals surface area contributed by atoms with E-state index in [4.69, 9.17) is 5.10 Å². The highest BCUT2D eigenvalue weighted by molar-refractivity contribution is 5.97. The third-order valence-corrected chi connectivity index (χ3v) is 4.27. The molecule has 0 atom stereocenters. The quantitative estimate of drug-likeness (QED) is 0.545. The van der Waals surface area contributed by atoms with Gasteiger partial charge in [-0.05, 0) is 48.9 Å². The smallest absolute Gasteiger partial charge is 0.138 e. The number of fused-ring (bicyclic) bond motifs is 1. The maximum atomic E-state index is 10.9. The number of H-pyrrole nitrogens is 1. The van der Waals surface area contributed by atoms with Crippen molar-refractivity contribution < 1.29 is 0 Å². The van der Waals surface area contributed by atoms with Crippen LogP contribution in [0.3, 0.4) is 0 Å². The van der Waals surface area contributed by atoms with Crippen LogP contribution in [0.15, 0.2) is 54.0 Å². The van der Waals surface area contributed by atoms with E-state index in [9.17, 15) is 4.91 Å². The molecule has 1 N–H and O–H groups in total. The first kappa shape index (κ1) is 15.3. The Hall–Kier alpha value is -3.28. The first-order chi connectivity index (χ1) is 12.2. The van der Waals surface area contributed by atoms with Crippen molar-refractivity contribution in [2.75, 3.05) is 0 Å². The Morgan fingerprint density at radius 1 is 1.20 bits per heavy atom. The van der Waals surface area contributed by atoms with Gasteiger partial charge in [-0.3, -0.25) is 4.68 Å². The molecule has 0 saturated heterocycles. The van der Waals surface area contributed by atoms with E-state index in [0.717, 1.165) is 45.7 Å². The lowest BCUT2D eigenvalue weighted by molar-refractivity contribution is 0.662. The van der Waals surface area contributed by atoms with E-state index < -0.39 is 0 Å². The number of hydrogen-bond acceptors (Lipinski definition) is 4. The summed E-state index contributed by atoms with van der Waals surface area (Å²) in [5.41, 5.74) is 6.09. The van der Waals surface area contributed by atoms with Gasteiger partial charge in [0.2, 0.25) is 0 Å².